The van der Waals surface area contributed by atoms with Crippen molar-refractivity contribution in [3.05, 3.63) is 585 Å². The van der Waals surface area contributed by atoms with Gasteiger partial charge in [-0.2, -0.15) is 0 Å². The van der Waals surface area contributed by atoms with E-state index in [1.165, 1.54) is 230 Å². The van der Waals surface area contributed by atoms with E-state index in [4.69, 9.17) is 0 Å². The normalized spacial score (nSPS) is 11.8. The Hall–Kier alpha value is -18.4. The highest BCUT2D eigenvalue weighted by molar-refractivity contribution is 6.26. The van der Waals surface area contributed by atoms with Gasteiger partial charge >= 0.3 is 0 Å². The fourth-order valence-electron chi connectivity index (χ4n) is 22.0. The molecule has 0 spiro atoms. The van der Waals surface area contributed by atoms with Gasteiger partial charge in [0.25, 0.3) is 0 Å². The maximum atomic E-state index is 2.41. The number of benzene rings is 26. The van der Waals surface area contributed by atoms with E-state index in [9.17, 15) is 0 Å². The van der Waals surface area contributed by atoms with E-state index in [1.807, 2.05) is 0 Å². The number of hydrogen-bond donors (Lipinski definition) is 0. The zero-order chi connectivity index (χ0) is 93.5. The fraction of sp³-hybridized carbons (Fsp3) is 0. The molecule has 0 aromatic heterocycles. The van der Waals surface area contributed by atoms with Crippen LogP contribution in [0.3, 0.4) is 0 Å². The molecule has 0 aliphatic carbocycles. The molecule has 141 heavy (non-hydrogen) atoms. The van der Waals surface area contributed by atoms with Crippen molar-refractivity contribution >= 4 is 148 Å². The van der Waals surface area contributed by atoms with Crippen molar-refractivity contribution < 1.29 is 0 Å². The van der Waals surface area contributed by atoms with Crippen molar-refractivity contribution in [3.63, 3.8) is 0 Å². The standard InChI is InChI=1S/C78H51N.C62H42/c1-4-22-52(23-5-1)73-61-28-10-16-34-67(61)76(68-35-17-11-29-62(68)73)55-40-46-58(47-41-55)79(59-48-42-56(43-49-59)77-69-36-18-12-30-63(69)74(53-24-6-2-7-25-53)64-31-13-19-37-70(64)77)60-50-44-57(45-51-60)78-71-38-20-14-32-65(71)75(54-26-8-3-9-27-54)66-33-15-21-39-72(66)78;1-3-17-47(18-4-1)59(53-37-35-45-15-7-9-21-51(45)41-53)39-43-27-31-49(32-28-43)61-55-23-11-13-25-57(55)62(58-26-14-12-24-56(58)61)50-33-29-44(30-34-50)40-60(48-19-5-2-6-20-48)54-38-36-46-16-8-10-22-52(46)42-54/h1-51H;1-42H. The van der Waals surface area contributed by atoms with Crippen LogP contribution in [0.5, 0.6) is 0 Å². The first kappa shape index (κ1) is 84.4. The van der Waals surface area contributed by atoms with Gasteiger partial charge in [-0.15, -0.1) is 0 Å². The van der Waals surface area contributed by atoms with Gasteiger partial charge in [-0.3, -0.25) is 0 Å². The van der Waals surface area contributed by atoms with Gasteiger partial charge in [0.2, 0.25) is 0 Å². The summed E-state index contributed by atoms with van der Waals surface area (Å²) in [5.74, 6) is 0. The third-order valence-corrected chi connectivity index (χ3v) is 28.5. The summed E-state index contributed by atoms with van der Waals surface area (Å²) >= 11 is 0. The average molecular weight is 1790 g/mol. The molecule has 0 heterocycles. The largest absolute Gasteiger partial charge is 0.311 e. The van der Waals surface area contributed by atoms with Crippen LogP contribution in [0.25, 0.3) is 220 Å². The Morgan fingerprint density at radius 1 is 0.128 bits per heavy atom. The predicted molar refractivity (Wildman–Crippen MR) is 606 cm³/mol. The predicted octanol–water partition coefficient (Wildman–Crippen LogP) is 38.9. The minimum Gasteiger partial charge on any atom is -0.311 e. The number of nitrogens with zero attached hydrogens (tertiary/aromatic N) is 1. The Kier molecular flexibility index (Phi) is 22.1. The first-order valence-corrected chi connectivity index (χ1v) is 48.7. The molecule has 26 rings (SSSR count). The third kappa shape index (κ3) is 15.8. The lowest BCUT2D eigenvalue weighted by Crippen LogP contribution is -2.10. The van der Waals surface area contributed by atoms with Crippen LogP contribution in [0.15, 0.2) is 552 Å². The summed E-state index contributed by atoms with van der Waals surface area (Å²) in [6, 6.07) is 202. The van der Waals surface area contributed by atoms with Crippen LogP contribution in [0, 0.1) is 0 Å². The summed E-state index contributed by atoms with van der Waals surface area (Å²) in [5.41, 5.74) is 32.4. The smallest absolute Gasteiger partial charge is 0.0462 e. The number of hydrogen-bond acceptors (Lipinski definition) is 1. The third-order valence-electron chi connectivity index (χ3n) is 28.5. The highest BCUT2D eigenvalue weighted by Crippen LogP contribution is 2.52. The minimum absolute atomic E-state index is 1.07. The number of anilines is 3. The molecule has 0 saturated carbocycles. The molecule has 26 aromatic carbocycles. The second-order valence-corrected chi connectivity index (χ2v) is 36.7. The summed E-state index contributed by atoms with van der Waals surface area (Å²) in [7, 11) is 0. The zero-order valence-electron chi connectivity index (χ0n) is 77.6. The van der Waals surface area contributed by atoms with Crippen molar-refractivity contribution in [2.45, 2.75) is 0 Å². The molecule has 0 N–H and O–H groups in total. The summed E-state index contributed by atoms with van der Waals surface area (Å²) in [6.07, 6.45) is 4.65. The lowest BCUT2D eigenvalue weighted by Gasteiger charge is -2.27. The molecule has 0 unspecified atom stereocenters. The summed E-state index contributed by atoms with van der Waals surface area (Å²) in [5, 5.41) is 24.9. The van der Waals surface area contributed by atoms with E-state index in [1.54, 1.807) is 0 Å². The maximum absolute atomic E-state index is 2.41. The molecular formula is C140H93N. The molecule has 0 saturated heterocycles. The van der Waals surface area contributed by atoms with Gasteiger partial charge in [0.05, 0.1) is 0 Å². The van der Waals surface area contributed by atoms with E-state index < -0.39 is 0 Å². The van der Waals surface area contributed by atoms with Crippen molar-refractivity contribution in [2.24, 2.45) is 0 Å². The molecule has 0 fully saturated rings. The van der Waals surface area contributed by atoms with Gasteiger partial charge in [-0.1, -0.05) is 504 Å². The Morgan fingerprint density at radius 3 is 0.511 bits per heavy atom. The van der Waals surface area contributed by atoms with Crippen molar-refractivity contribution in [1.82, 2.24) is 0 Å². The summed E-state index contributed by atoms with van der Waals surface area (Å²) in [4.78, 5) is 2.41. The van der Waals surface area contributed by atoms with Crippen LogP contribution < -0.4 is 4.90 Å². The van der Waals surface area contributed by atoms with Gasteiger partial charge in [0, 0.05) is 17.1 Å². The second-order valence-electron chi connectivity index (χ2n) is 36.7. The summed E-state index contributed by atoms with van der Waals surface area (Å²) < 4.78 is 0. The van der Waals surface area contributed by atoms with Crippen LogP contribution in [0.1, 0.15) is 33.4 Å². The molecule has 0 atom stereocenters. The first-order valence-electron chi connectivity index (χ1n) is 48.7. The van der Waals surface area contributed by atoms with Gasteiger partial charge in [0.15, 0.2) is 0 Å². The van der Waals surface area contributed by atoms with E-state index in [0.717, 1.165) is 28.2 Å². The van der Waals surface area contributed by atoms with Crippen molar-refractivity contribution in [3.8, 4) is 89.0 Å². The molecule has 1 nitrogen and oxygen atoms in total. The lowest BCUT2D eigenvalue weighted by atomic mass is 9.85. The molecule has 0 aliphatic heterocycles. The van der Waals surface area contributed by atoms with E-state index in [2.05, 4.69) is 569 Å². The number of rotatable bonds is 17. The van der Waals surface area contributed by atoms with Crippen LogP contribution in [-0.2, 0) is 0 Å². The average Bonchev–Trinajstić information content (AvgIpc) is 0.742. The quantitative estimate of drug-likeness (QED) is 0.0649. The van der Waals surface area contributed by atoms with Gasteiger partial charge in [0.1, 0.15) is 0 Å². The van der Waals surface area contributed by atoms with Crippen molar-refractivity contribution in [1.29, 1.82) is 0 Å². The van der Waals surface area contributed by atoms with E-state index in [0.29, 0.717) is 0 Å². The van der Waals surface area contributed by atoms with E-state index in [-0.39, 0.29) is 0 Å². The highest BCUT2D eigenvalue weighted by Gasteiger charge is 2.25. The Bertz CT molecular complexity index is 8360. The Labute approximate surface area is 821 Å². The molecule has 0 radical (unpaired) electrons. The molecule has 658 valence electrons. The topological polar surface area (TPSA) is 3.24 Å². The van der Waals surface area contributed by atoms with Gasteiger partial charge in [-0.25, -0.2) is 0 Å². The second kappa shape index (κ2) is 37.0. The van der Waals surface area contributed by atoms with Gasteiger partial charge < -0.3 is 4.90 Å². The van der Waals surface area contributed by atoms with Crippen LogP contribution in [-0.4, -0.2) is 0 Å². The zero-order valence-corrected chi connectivity index (χ0v) is 77.6. The first-order chi connectivity index (χ1) is 70.0. The Morgan fingerprint density at radius 2 is 0.298 bits per heavy atom. The molecule has 26 aromatic rings. The fourth-order valence-corrected chi connectivity index (χ4v) is 22.0. The highest BCUT2D eigenvalue weighted by atomic mass is 15.1. The number of fused-ring (bicyclic) bond motifs is 10. The summed E-state index contributed by atoms with van der Waals surface area (Å²) in [6.45, 7) is 0. The SMILES string of the molecule is C(=C(c1ccccc1)c1ccc2ccccc2c1)c1ccc(-c2c3ccccc3c(-c3ccc(C=C(c4ccccc4)c4ccc5ccccc5c4)cc3)c3ccccc23)cc1.c1ccc(-c2c3ccccc3c(-c3ccc(N(c4ccc(-c5c6ccccc6c(-c6ccccc6)c6ccccc56)cc4)c4ccc(-c5c6ccccc6c(-c6ccccc6)c6ccccc56)cc4)cc3)c3ccccc23)cc1. The molecule has 0 aliphatic rings. The molecule has 0 bridgehead atoms. The lowest BCUT2D eigenvalue weighted by molar-refractivity contribution is 1.28. The monoisotopic (exact) mass is 1790 g/mol. The molecule has 1 heteroatoms. The molecular weight excluding hydrogens is 1700 g/mol. The van der Waals surface area contributed by atoms with Crippen molar-refractivity contribution in [2.75, 3.05) is 4.90 Å². The van der Waals surface area contributed by atoms with Crippen LogP contribution in [0.4, 0.5) is 17.1 Å². The molecule has 0 amide bonds. The minimum atomic E-state index is 1.07. The Balaban J connectivity index is 0.000000153. The van der Waals surface area contributed by atoms with Crippen LogP contribution >= 0.6 is 0 Å². The maximum Gasteiger partial charge on any atom is 0.0462 e. The van der Waals surface area contributed by atoms with Gasteiger partial charge in [-0.05, 0) is 302 Å². The van der Waals surface area contributed by atoms with Crippen LogP contribution in [0.2, 0.25) is 0 Å². The van der Waals surface area contributed by atoms with E-state index >= 15 is 0 Å².